The lowest BCUT2D eigenvalue weighted by atomic mass is 10.0. The van der Waals surface area contributed by atoms with Gasteiger partial charge in [-0.05, 0) is 31.8 Å². The highest BCUT2D eigenvalue weighted by atomic mass is 79.9. The van der Waals surface area contributed by atoms with Gasteiger partial charge in [-0.15, -0.1) is 0 Å². The van der Waals surface area contributed by atoms with Crippen LogP contribution in [-0.4, -0.2) is 16.9 Å². The second-order valence-corrected chi connectivity index (χ2v) is 4.62. The summed E-state index contributed by atoms with van der Waals surface area (Å²) in [5, 5.41) is 0. The number of allylic oxidation sites excluding steroid dienone is 1. The summed E-state index contributed by atoms with van der Waals surface area (Å²) in [4.78, 5) is 11.3. The molecule has 3 heteroatoms. The summed E-state index contributed by atoms with van der Waals surface area (Å²) in [7, 11) is 0. The van der Waals surface area contributed by atoms with E-state index < -0.39 is 0 Å². The van der Waals surface area contributed by atoms with Gasteiger partial charge in [-0.3, -0.25) is 4.79 Å². The van der Waals surface area contributed by atoms with E-state index in [9.17, 15) is 4.79 Å². The van der Waals surface area contributed by atoms with Gasteiger partial charge < -0.3 is 4.74 Å². The Morgan fingerprint density at radius 3 is 2.92 bits per heavy atom. The minimum Gasteiger partial charge on any atom is -0.458 e. The molecule has 1 aliphatic rings. The summed E-state index contributed by atoms with van der Waals surface area (Å²) >= 11 is 3.59. The molecule has 0 fully saturated rings. The predicted molar refractivity (Wildman–Crippen MR) is 55.9 cm³/mol. The minimum atomic E-state index is -0.193. The molecule has 0 aromatic rings. The standard InChI is InChI=1S/C10H15BrO2/c1-8(12)13-10-5-3-2-4-9(11)6-7-10/h3,5,9-10H,2,4,6-7H2,1H3/b5-3-. The summed E-state index contributed by atoms with van der Waals surface area (Å²) in [6.45, 7) is 1.46. The van der Waals surface area contributed by atoms with Gasteiger partial charge >= 0.3 is 5.97 Å². The Morgan fingerprint density at radius 2 is 2.23 bits per heavy atom. The monoisotopic (exact) mass is 246 g/mol. The molecule has 2 nitrogen and oxygen atoms in total. The molecule has 0 saturated carbocycles. The summed E-state index contributed by atoms with van der Waals surface area (Å²) in [6.07, 6.45) is 8.31. The second kappa shape index (κ2) is 5.43. The van der Waals surface area contributed by atoms with Crippen molar-refractivity contribution in [3.05, 3.63) is 12.2 Å². The van der Waals surface area contributed by atoms with Crippen molar-refractivity contribution >= 4 is 21.9 Å². The molecule has 74 valence electrons. The van der Waals surface area contributed by atoms with E-state index in [-0.39, 0.29) is 12.1 Å². The zero-order valence-corrected chi connectivity index (χ0v) is 9.42. The summed E-state index contributed by atoms with van der Waals surface area (Å²) in [5.41, 5.74) is 0. The topological polar surface area (TPSA) is 26.3 Å². The molecule has 0 saturated heterocycles. The van der Waals surface area contributed by atoms with Gasteiger partial charge in [0.15, 0.2) is 0 Å². The van der Waals surface area contributed by atoms with E-state index in [1.165, 1.54) is 13.3 Å². The number of halogens is 1. The van der Waals surface area contributed by atoms with E-state index in [0.717, 1.165) is 19.3 Å². The normalized spacial score (nSPS) is 31.5. The molecule has 2 atom stereocenters. The second-order valence-electron chi connectivity index (χ2n) is 3.33. The highest BCUT2D eigenvalue weighted by Crippen LogP contribution is 2.20. The van der Waals surface area contributed by atoms with Crippen LogP contribution in [0.3, 0.4) is 0 Å². The molecule has 0 N–H and O–H groups in total. The molecule has 0 bridgehead atoms. The van der Waals surface area contributed by atoms with Gasteiger partial charge in [-0.2, -0.15) is 0 Å². The van der Waals surface area contributed by atoms with Gasteiger partial charge in [-0.1, -0.05) is 22.0 Å². The van der Waals surface area contributed by atoms with Crippen LogP contribution in [0.5, 0.6) is 0 Å². The highest BCUT2D eigenvalue weighted by Gasteiger charge is 2.13. The van der Waals surface area contributed by atoms with Crippen molar-refractivity contribution in [3.8, 4) is 0 Å². The lowest BCUT2D eigenvalue weighted by Crippen LogP contribution is -2.16. The Hall–Kier alpha value is -0.310. The lowest BCUT2D eigenvalue weighted by molar-refractivity contribution is -0.144. The molecule has 0 aliphatic heterocycles. The summed E-state index contributed by atoms with van der Waals surface area (Å²) in [6, 6.07) is 0. The third kappa shape index (κ3) is 4.46. The van der Waals surface area contributed by atoms with Crippen LogP contribution in [0.25, 0.3) is 0 Å². The van der Waals surface area contributed by atoms with Crippen LogP contribution in [0, 0.1) is 0 Å². The zero-order chi connectivity index (χ0) is 9.68. The van der Waals surface area contributed by atoms with Crippen molar-refractivity contribution in [3.63, 3.8) is 0 Å². The van der Waals surface area contributed by atoms with E-state index in [0.29, 0.717) is 4.83 Å². The Morgan fingerprint density at radius 1 is 1.46 bits per heavy atom. The smallest absolute Gasteiger partial charge is 0.303 e. The zero-order valence-electron chi connectivity index (χ0n) is 7.83. The predicted octanol–water partition coefficient (Wildman–Crippen LogP) is 2.81. The van der Waals surface area contributed by atoms with Crippen LogP contribution in [-0.2, 0) is 9.53 Å². The summed E-state index contributed by atoms with van der Waals surface area (Å²) in [5.74, 6) is -0.193. The molecule has 1 rings (SSSR count). The molecule has 0 aromatic carbocycles. The van der Waals surface area contributed by atoms with Crippen LogP contribution < -0.4 is 0 Å². The molecule has 0 heterocycles. The first-order valence-corrected chi connectivity index (χ1v) is 5.58. The number of carbonyl (C=O) groups is 1. The maximum absolute atomic E-state index is 10.7. The van der Waals surface area contributed by atoms with Gasteiger partial charge in [-0.25, -0.2) is 0 Å². The number of ether oxygens (including phenoxy) is 1. The Kier molecular flexibility index (Phi) is 4.50. The quantitative estimate of drug-likeness (QED) is 0.404. The molecule has 0 spiro atoms. The maximum Gasteiger partial charge on any atom is 0.303 e. The number of carbonyl (C=O) groups excluding carboxylic acids is 1. The van der Waals surface area contributed by atoms with Crippen LogP contribution in [0.1, 0.15) is 32.6 Å². The first-order chi connectivity index (χ1) is 6.18. The third-order valence-corrected chi connectivity index (χ3v) is 2.99. The van der Waals surface area contributed by atoms with Gasteiger partial charge in [0.1, 0.15) is 6.10 Å². The number of esters is 1. The molecule has 0 aromatic heterocycles. The minimum absolute atomic E-state index is 0.0159. The fraction of sp³-hybridized carbons (Fsp3) is 0.700. The van der Waals surface area contributed by atoms with E-state index in [1.54, 1.807) is 0 Å². The van der Waals surface area contributed by atoms with Crippen molar-refractivity contribution in [1.82, 2.24) is 0 Å². The molecular formula is C10H15BrO2. The van der Waals surface area contributed by atoms with E-state index in [4.69, 9.17) is 4.74 Å². The average Bonchev–Trinajstić information content (AvgIpc) is 2.03. The van der Waals surface area contributed by atoms with Crippen LogP contribution in [0.2, 0.25) is 0 Å². The van der Waals surface area contributed by atoms with Crippen LogP contribution in [0.15, 0.2) is 12.2 Å². The van der Waals surface area contributed by atoms with Crippen molar-refractivity contribution in [1.29, 1.82) is 0 Å². The number of alkyl halides is 1. The average molecular weight is 247 g/mol. The lowest BCUT2D eigenvalue weighted by Gasteiger charge is -2.17. The largest absolute Gasteiger partial charge is 0.458 e. The van der Waals surface area contributed by atoms with Crippen LogP contribution >= 0.6 is 15.9 Å². The van der Waals surface area contributed by atoms with Crippen molar-refractivity contribution in [2.45, 2.75) is 43.5 Å². The van der Waals surface area contributed by atoms with E-state index in [1.807, 2.05) is 6.08 Å². The fourth-order valence-electron chi connectivity index (χ4n) is 1.42. The fourth-order valence-corrected chi connectivity index (χ4v) is 1.95. The van der Waals surface area contributed by atoms with E-state index in [2.05, 4.69) is 22.0 Å². The maximum atomic E-state index is 10.7. The highest BCUT2D eigenvalue weighted by molar-refractivity contribution is 9.09. The Bertz CT molecular complexity index is 201. The summed E-state index contributed by atoms with van der Waals surface area (Å²) < 4.78 is 5.13. The van der Waals surface area contributed by atoms with Gasteiger partial charge in [0.05, 0.1) is 0 Å². The van der Waals surface area contributed by atoms with Crippen molar-refractivity contribution < 1.29 is 9.53 Å². The molecule has 0 radical (unpaired) electrons. The molecular weight excluding hydrogens is 232 g/mol. The van der Waals surface area contributed by atoms with Crippen molar-refractivity contribution in [2.75, 3.05) is 0 Å². The Labute approximate surface area is 87.5 Å². The molecule has 0 amide bonds. The van der Waals surface area contributed by atoms with Gasteiger partial charge in [0.2, 0.25) is 0 Å². The van der Waals surface area contributed by atoms with Gasteiger partial charge in [0, 0.05) is 11.8 Å². The molecule has 2 unspecified atom stereocenters. The van der Waals surface area contributed by atoms with Crippen LogP contribution in [0.4, 0.5) is 0 Å². The van der Waals surface area contributed by atoms with Crippen molar-refractivity contribution in [2.24, 2.45) is 0 Å². The SMILES string of the molecule is CC(=O)OC1/C=C\CCC(Br)CC1. The number of hydrogen-bond acceptors (Lipinski definition) is 2. The first kappa shape index (κ1) is 10.8. The third-order valence-electron chi connectivity index (χ3n) is 2.08. The number of hydrogen-bond donors (Lipinski definition) is 0. The molecule has 1 aliphatic carbocycles. The molecule has 13 heavy (non-hydrogen) atoms. The van der Waals surface area contributed by atoms with E-state index >= 15 is 0 Å². The Balaban J connectivity index is 2.44. The first-order valence-electron chi connectivity index (χ1n) is 4.66. The van der Waals surface area contributed by atoms with Gasteiger partial charge in [0.25, 0.3) is 0 Å². The number of rotatable bonds is 1.